The summed E-state index contributed by atoms with van der Waals surface area (Å²) in [4.78, 5) is 4.45. The highest BCUT2D eigenvalue weighted by Crippen LogP contribution is 2.35. The third kappa shape index (κ3) is 1.69. The van der Waals surface area contributed by atoms with Crippen molar-refractivity contribution in [3.05, 3.63) is 65.8 Å². The molecule has 0 bridgehead atoms. The second kappa shape index (κ2) is 4.36. The van der Waals surface area contributed by atoms with Crippen LogP contribution in [0.3, 0.4) is 0 Å². The Kier molecular flexibility index (Phi) is 2.51. The molecule has 0 N–H and O–H groups in total. The Morgan fingerprint density at radius 3 is 2.65 bits per heavy atom. The predicted octanol–water partition coefficient (Wildman–Crippen LogP) is 5.30. The number of aromatic nitrogens is 1. The Hall–Kier alpha value is -2.32. The molecular formula is C17H10ClNO. The maximum atomic E-state index is 6.10. The van der Waals surface area contributed by atoms with Gasteiger partial charge in [-0.1, -0.05) is 35.9 Å². The highest BCUT2D eigenvalue weighted by atomic mass is 35.5. The molecule has 0 fully saturated rings. The molecule has 2 nitrogen and oxygen atoms in total. The highest BCUT2D eigenvalue weighted by Gasteiger charge is 2.12. The first kappa shape index (κ1) is 11.5. The second-order valence-corrected chi connectivity index (χ2v) is 5.08. The van der Waals surface area contributed by atoms with Gasteiger partial charge in [-0.05, 0) is 41.5 Å². The summed E-state index contributed by atoms with van der Waals surface area (Å²) in [7, 11) is 0. The lowest BCUT2D eigenvalue weighted by molar-refractivity contribution is 0.668. The first-order valence-corrected chi connectivity index (χ1v) is 6.73. The van der Waals surface area contributed by atoms with E-state index < -0.39 is 0 Å². The summed E-state index contributed by atoms with van der Waals surface area (Å²) >= 11 is 6.10. The zero-order valence-corrected chi connectivity index (χ0v) is 11.3. The summed E-state index contributed by atoms with van der Waals surface area (Å²) in [5.41, 5.74) is 4.69. The van der Waals surface area contributed by atoms with E-state index in [1.54, 1.807) is 6.20 Å². The molecule has 2 heterocycles. The smallest absolute Gasteiger partial charge is 0.153 e. The minimum atomic E-state index is 0.722. The van der Waals surface area contributed by atoms with Gasteiger partial charge in [-0.25, -0.2) is 0 Å². The van der Waals surface area contributed by atoms with Crippen LogP contribution in [0.2, 0.25) is 5.02 Å². The first-order chi connectivity index (χ1) is 9.83. The molecule has 4 aromatic rings. The van der Waals surface area contributed by atoms with Gasteiger partial charge in [-0.2, -0.15) is 0 Å². The van der Waals surface area contributed by atoms with Crippen molar-refractivity contribution in [1.82, 2.24) is 4.98 Å². The summed E-state index contributed by atoms with van der Waals surface area (Å²) in [5, 5.41) is 1.76. The molecule has 3 heteroatoms. The fourth-order valence-electron chi connectivity index (χ4n) is 2.54. The monoisotopic (exact) mass is 279 g/mol. The van der Waals surface area contributed by atoms with Crippen LogP contribution < -0.4 is 0 Å². The van der Waals surface area contributed by atoms with Crippen LogP contribution in [0, 0.1) is 0 Å². The molecule has 0 saturated carbocycles. The van der Waals surface area contributed by atoms with Crippen LogP contribution in [0.15, 0.2) is 65.2 Å². The van der Waals surface area contributed by atoms with Gasteiger partial charge in [0.15, 0.2) is 5.58 Å². The van der Waals surface area contributed by atoms with E-state index in [2.05, 4.69) is 11.1 Å². The Balaban J connectivity index is 2.14. The molecule has 96 valence electrons. The third-order valence-corrected chi connectivity index (χ3v) is 3.62. The van der Waals surface area contributed by atoms with Crippen LogP contribution in [0.1, 0.15) is 0 Å². The highest BCUT2D eigenvalue weighted by molar-refractivity contribution is 6.31. The van der Waals surface area contributed by atoms with Gasteiger partial charge in [0.2, 0.25) is 0 Å². The van der Waals surface area contributed by atoms with Crippen LogP contribution in [-0.2, 0) is 0 Å². The van der Waals surface area contributed by atoms with E-state index in [0.29, 0.717) is 0 Å². The van der Waals surface area contributed by atoms with E-state index in [4.69, 9.17) is 16.0 Å². The predicted molar refractivity (Wildman–Crippen MR) is 82.0 cm³/mol. The van der Waals surface area contributed by atoms with Gasteiger partial charge < -0.3 is 4.42 Å². The van der Waals surface area contributed by atoms with Crippen molar-refractivity contribution in [1.29, 1.82) is 0 Å². The van der Waals surface area contributed by atoms with E-state index in [1.807, 2.05) is 48.5 Å². The molecule has 0 saturated heterocycles. The maximum absolute atomic E-state index is 6.10. The molecular weight excluding hydrogens is 270 g/mol. The average molecular weight is 280 g/mol. The fourth-order valence-corrected chi connectivity index (χ4v) is 2.73. The summed E-state index contributed by atoms with van der Waals surface area (Å²) in [6.45, 7) is 0. The number of pyridine rings is 1. The van der Waals surface area contributed by atoms with Crippen molar-refractivity contribution in [3.63, 3.8) is 0 Å². The van der Waals surface area contributed by atoms with Crippen molar-refractivity contribution in [2.75, 3.05) is 0 Å². The van der Waals surface area contributed by atoms with E-state index in [-0.39, 0.29) is 0 Å². The average Bonchev–Trinajstić information content (AvgIpc) is 2.85. The number of fused-ring (bicyclic) bond motifs is 3. The Morgan fingerprint density at radius 1 is 0.900 bits per heavy atom. The molecule has 0 atom stereocenters. The van der Waals surface area contributed by atoms with Crippen LogP contribution >= 0.6 is 11.6 Å². The van der Waals surface area contributed by atoms with E-state index >= 15 is 0 Å². The quantitative estimate of drug-likeness (QED) is 0.472. The number of furan rings is 1. The van der Waals surface area contributed by atoms with Crippen LogP contribution in [-0.4, -0.2) is 4.98 Å². The summed E-state index contributed by atoms with van der Waals surface area (Å²) in [5.74, 6) is 0. The number of hydrogen-bond acceptors (Lipinski definition) is 2. The molecule has 2 aromatic heterocycles. The largest absolute Gasteiger partial charge is 0.454 e. The van der Waals surface area contributed by atoms with E-state index in [1.165, 1.54) is 0 Å². The van der Waals surface area contributed by atoms with Crippen molar-refractivity contribution in [3.8, 4) is 11.1 Å². The molecule has 0 aliphatic heterocycles. The Bertz CT molecular complexity index is 926. The van der Waals surface area contributed by atoms with Crippen molar-refractivity contribution >= 4 is 33.7 Å². The van der Waals surface area contributed by atoms with Gasteiger partial charge in [0.1, 0.15) is 11.1 Å². The molecule has 20 heavy (non-hydrogen) atoms. The van der Waals surface area contributed by atoms with Gasteiger partial charge >= 0.3 is 0 Å². The van der Waals surface area contributed by atoms with Gasteiger partial charge in [-0.15, -0.1) is 0 Å². The van der Waals surface area contributed by atoms with E-state index in [9.17, 15) is 0 Å². The molecule has 0 aliphatic rings. The topological polar surface area (TPSA) is 26.0 Å². The van der Waals surface area contributed by atoms with Crippen LogP contribution in [0.5, 0.6) is 0 Å². The molecule has 2 aromatic carbocycles. The molecule has 0 radical (unpaired) electrons. The third-order valence-electron chi connectivity index (χ3n) is 3.39. The lowest BCUT2D eigenvalue weighted by atomic mass is 10.0. The maximum Gasteiger partial charge on any atom is 0.153 e. The minimum Gasteiger partial charge on any atom is -0.454 e. The molecule has 0 spiro atoms. The lowest BCUT2D eigenvalue weighted by Crippen LogP contribution is -1.80. The van der Waals surface area contributed by atoms with Gasteiger partial charge in [0.05, 0.1) is 5.39 Å². The molecule has 0 aliphatic carbocycles. The summed E-state index contributed by atoms with van der Waals surface area (Å²) in [6.07, 6.45) is 1.78. The molecule has 0 amide bonds. The first-order valence-electron chi connectivity index (χ1n) is 6.35. The fraction of sp³-hybridized carbons (Fsp3) is 0. The number of rotatable bonds is 1. The van der Waals surface area contributed by atoms with Crippen LogP contribution in [0.25, 0.3) is 33.2 Å². The van der Waals surface area contributed by atoms with Gasteiger partial charge in [0.25, 0.3) is 0 Å². The standard InChI is InChI=1S/C17H10ClNO/c18-12-5-1-4-11(10-12)13-6-2-7-14-16(13)17-15(20-14)8-3-9-19-17/h1-10H. The zero-order valence-electron chi connectivity index (χ0n) is 10.5. The SMILES string of the molecule is Clc1cccc(-c2cccc3oc4cccnc4c23)c1. The van der Waals surface area contributed by atoms with Gasteiger partial charge in [-0.3, -0.25) is 4.98 Å². The number of halogens is 1. The lowest BCUT2D eigenvalue weighted by Gasteiger charge is -2.03. The van der Waals surface area contributed by atoms with Crippen molar-refractivity contribution in [2.24, 2.45) is 0 Å². The molecule has 0 unspecified atom stereocenters. The number of nitrogens with zero attached hydrogens (tertiary/aromatic N) is 1. The van der Waals surface area contributed by atoms with Crippen molar-refractivity contribution in [2.45, 2.75) is 0 Å². The van der Waals surface area contributed by atoms with Gasteiger partial charge in [0, 0.05) is 11.2 Å². The normalized spacial score (nSPS) is 11.2. The number of hydrogen-bond donors (Lipinski definition) is 0. The van der Waals surface area contributed by atoms with Crippen molar-refractivity contribution < 1.29 is 4.42 Å². The Morgan fingerprint density at radius 2 is 1.75 bits per heavy atom. The minimum absolute atomic E-state index is 0.722. The van der Waals surface area contributed by atoms with Crippen LogP contribution in [0.4, 0.5) is 0 Å². The molecule has 4 rings (SSSR count). The Labute approximate surface area is 120 Å². The zero-order chi connectivity index (χ0) is 13.5. The number of benzene rings is 2. The second-order valence-electron chi connectivity index (χ2n) is 4.64. The summed E-state index contributed by atoms with van der Waals surface area (Å²) < 4.78 is 5.85. The summed E-state index contributed by atoms with van der Waals surface area (Å²) in [6, 6.07) is 17.7. The van der Waals surface area contributed by atoms with E-state index in [0.717, 1.165) is 38.2 Å².